The summed E-state index contributed by atoms with van der Waals surface area (Å²) in [6, 6.07) is 9.63. The van der Waals surface area contributed by atoms with Crippen molar-refractivity contribution < 1.29 is 17.9 Å². The zero-order valence-corrected chi connectivity index (χ0v) is 15.2. The maximum atomic E-state index is 12.4. The fourth-order valence-electron chi connectivity index (χ4n) is 2.09. The number of nitrogens with one attached hydrogen (secondary N) is 2. The minimum absolute atomic E-state index is 0.152. The normalized spacial score (nSPS) is 11.1. The molecule has 2 aromatic rings. The van der Waals surface area contributed by atoms with Gasteiger partial charge in [-0.1, -0.05) is 0 Å². The molecule has 1 aromatic carbocycles. The fourth-order valence-corrected chi connectivity index (χ4v) is 3.09. The summed E-state index contributed by atoms with van der Waals surface area (Å²) in [6.07, 6.45) is 2.46. The first kappa shape index (κ1) is 19.0. The van der Waals surface area contributed by atoms with Crippen LogP contribution in [0.1, 0.15) is 13.3 Å². The van der Waals surface area contributed by atoms with E-state index in [0.717, 1.165) is 18.7 Å². The number of hydrogen-bond acceptors (Lipinski definition) is 6. The van der Waals surface area contributed by atoms with Crippen molar-refractivity contribution in [1.29, 1.82) is 0 Å². The molecule has 0 atom stereocenters. The van der Waals surface area contributed by atoms with Gasteiger partial charge in [0.15, 0.2) is 0 Å². The molecule has 2 rings (SSSR count). The van der Waals surface area contributed by atoms with Crippen LogP contribution in [0.5, 0.6) is 5.75 Å². The minimum Gasteiger partial charge on any atom is -0.494 e. The lowest BCUT2D eigenvalue weighted by Gasteiger charge is -2.10. The Bertz CT molecular complexity index is 746. The number of hydrogen-bond donors (Lipinski definition) is 2. The molecule has 0 unspecified atom stereocenters. The highest BCUT2D eigenvalue weighted by atomic mass is 32.2. The van der Waals surface area contributed by atoms with Crippen LogP contribution >= 0.6 is 0 Å². The summed E-state index contributed by atoms with van der Waals surface area (Å²) in [4.78, 5) is 4.28. The number of aromatic nitrogens is 1. The van der Waals surface area contributed by atoms with Gasteiger partial charge >= 0.3 is 0 Å². The van der Waals surface area contributed by atoms with Crippen molar-refractivity contribution in [1.82, 2.24) is 4.98 Å². The Balaban J connectivity index is 1.97. The average molecular weight is 365 g/mol. The Morgan fingerprint density at radius 3 is 2.48 bits per heavy atom. The van der Waals surface area contributed by atoms with E-state index in [-0.39, 0.29) is 10.7 Å². The van der Waals surface area contributed by atoms with E-state index in [2.05, 4.69) is 15.0 Å². The molecule has 136 valence electrons. The lowest BCUT2D eigenvalue weighted by Crippen LogP contribution is -2.14. The molecular weight excluding hydrogens is 342 g/mol. The molecule has 8 heteroatoms. The van der Waals surface area contributed by atoms with Gasteiger partial charge in [-0.15, -0.1) is 0 Å². The predicted octanol–water partition coefficient (Wildman–Crippen LogP) is 2.73. The van der Waals surface area contributed by atoms with Gasteiger partial charge in [0, 0.05) is 20.3 Å². The number of anilines is 2. The maximum absolute atomic E-state index is 12.4. The summed E-state index contributed by atoms with van der Waals surface area (Å²) in [7, 11) is -2.03. The molecular formula is C17H23N3O4S. The standard InChI is InChI=1S/C17H23N3O4S/c1-3-24-15-6-8-16(9-7-15)25(21,22)20-17-10-5-14(13-19-17)18-11-4-12-23-2/h5-10,13,18H,3-4,11-12H2,1-2H3,(H,19,20). The van der Waals surface area contributed by atoms with E-state index in [1.807, 2.05) is 6.92 Å². The number of ether oxygens (including phenoxy) is 2. The molecule has 7 nitrogen and oxygen atoms in total. The second-order valence-electron chi connectivity index (χ2n) is 5.22. The molecule has 0 bridgehead atoms. The maximum Gasteiger partial charge on any atom is 0.263 e. The zero-order chi connectivity index (χ0) is 18.1. The molecule has 2 N–H and O–H groups in total. The summed E-state index contributed by atoms with van der Waals surface area (Å²) in [6.45, 7) is 3.83. The van der Waals surface area contributed by atoms with Crippen molar-refractivity contribution in [2.75, 3.05) is 36.9 Å². The summed E-state index contributed by atoms with van der Waals surface area (Å²) >= 11 is 0. The summed E-state index contributed by atoms with van der Waals surface area (Å²) in [5.74, 6) is 0.889. The van der Waals surface area contributed by atoms with Gasteiger partial charge in [-0.25, -0.2) is 13.4 Å². The first-order chi connectivity index (χ1) is 12.0. The lowest BCUT2D eigenvalue weighted by molar-refractivity contribution is 0.198. The van der Waals surface area contributed by atoms with E-state index in [1.165, 1.54) is 12.1 Å². The monoisotopic (exact) mass is 365 g/mol. The molecule has 0 aliphatic heterocycles. The number of benzene rings is 1. The zero-order valence-electron chi connectivity index (χ0n) is 14.4. The Morgan fingerprint density at radius 2 is 1.88 bits per heavy atom. The van der Waals surface area contributed by atoms with E-state index in [4.69, 9.17) is 9.47 Å². The van der Waals surface area contributed by atoms with E-state index in [9.17, 15) is 8.42 Å². The second-order valence-corrected chi connectivity index (χ2v) is 6.90. The van der Waals surface area contributed by atoms with Gasteiger partial charge in [0.05, 0.1) is 23.4 Å². The highest BCUT2D eigenvalue weighted by molar-refractivity contribution is 7.92. The third kappa shape index (κ3) is 5.91. The molecule has 0 fully saturated rings. The van der Waals surface area contributed by atoms with Gasteiger partial charge in [-0.3, -0.25) is 4.72 Å². The number of pyridine rings is 1. The van der Waals surface area contributed by atoms with Crippen LogP contribution in [0.2, 0.25) is 0 Å². The van der Waals surface area contributed by atoms with Crippen LogP contribution in [0.15, 0.2) is 47.5 Å². The van der Waals surface area contributed by atoms with Gasteiger partial charge in [0.1, 0.15) is 11.6 Å². The molecule has 0 saturated heterocycles. The van der Waals surface area contributed by atoms with Gasteiger partial charge in [0.2, 0.25) is 0 Å². The molecule has 0 radical (unpaired) electrons. The SMILES string of the molecule is CCOc1ccc(S(=O)(=O)Nc2ccc(NCCCOC)cn2)cc1. The topological polar surface area (TPSA) is 89.6 Å². The van der Waals surface area contributed by atoms with Crippen LogP contribution in [0.25, 0.3) is 0 Å². The minimum atomic E-state index is -3.69. The van der Waals surface area contributed by atoms with Crippen molar-refractivity contribution in [3.63, 3.8) is 0 Å². The van der Waals surface area contributed by atoms with Gasteiger partial charge in [0.25, 0.3) is 10.0 Å². The van der Waals surface area contributed by atoms with E-state index in [0.29, 0.717) is 19.0 Å². The Hall–Kier alpha value is -2.32. The molecule has 0 spiro atoms. The number of rotatable bonds is 10. The van der Waals surface area contributed by atoms with Gasteiger partial charge in [-0.2, -0.15) is 0 Å². The molecule has 1 heterocycles. The first-order valence-electron chi connectivity index (χ1n) is 7.99. The van der Waals surface area contributed by atoms with Crippen molar-refractivity contribution in [2.45, 2.75) is 18.2 Å². The molecule has 0 amide bonds. The summed E-state index contributed by atoms with van der Waals surface area (Å²) in [5, 5.41) is 3.19. The largest absolute Gasteiger partial charge is 0.494 e. The Labute approximate surface area is 148 Å². The quantitative estimate of drug-likeness (QED) is 0.629. The molecule has 0 saturated carbocycles. The molecule has 1 aromatic heterocycles. The number of methoxy groups -OCH3 is 1. The average Bonchev–Trinajstić information content (AvgIpc) is 2.61. The third-order valence-corrected chi connectivity index (χ3v) is 4.67. The van der Waals surface area contributed by atoms with E-state index >= 15 is 0 Å². The fraction of sp³-hybridized carbons (Fsp3) is 0.353. The van der Waals surface area contributed by atoms with Crippen molar-refractivity contribution in [2.24, 2.45) is 0 Å². The van der Waals surface area contributed by atoms with Gasteiger partial charge < -0.3 is 14.8 Å². The highest BCUT2D eigenvalue weighted by Gasteiger charge is 2.14. The summed E-state index contributed by atoms with van der Waals surface area (Å²) < 4.78 is 37.5. The number of nitrogens with zero attached hydrogens (tertiary/aromatic N) is 1. The lowest BCUT2D eigenvalue weighted by atomic mass is 10.3. The second kappa shape index (κ2) is 9.24. The smallest absolute Gasteiger partial charge is 0.263 e. The Kier molecular flexibility index (Phi) is 7.03. The Morgan fingerprint density at radius 1 is 1.12 bits per heavy atom. The van der Waals surface area contributed by atoms with Crippen molar-refractivity contribution in [3.05, 3.63) is 42.6 Å². The van der Waals surface area contributed by atoms with Crippen LogP contribution in [0.4, 0.5) is 11.5 Å². The predicted molar refractivity (Wildman–Crippen MR) is 97.6 cm³/mol. The third-order valence-electron chi connectivity index (χ3n) is 3.30. The number of sulfonamides is 1. The van der Waals surface area contributed by atoms with Crippen LogP contribution in [0.3, 0.4) is 0 Å². The van der Waals surface area contributed by atoms with Crippen LogP contribution in [-0.2, 0) is 14.8 Å². The van der Waals surface area contributed by atoms with Gasteiger partial charge in [-0.05, 0) is 49.7 Å². The molecule has 0 aliphatic rings. The molecule has 0 aliphatic carbocycles. The highest BCUT2D eigenvalue weighted by Crippen LogP contribution is 2.19. The van der Waals surface area contributed by atoms with Crippen molar-refractivity contribution >= 4 is 21.5 Å². The van der Waals surface area contributed by atoms with Crippen molar-refractivity contribution in [3.8, 4) is 5.75 Å². The van der Waals surface area contributed by atoms with Crippen LogP contribution < -0.4 is 14.8 Å². The molecule has 25 heavy (non-hydrogen) atoms. The summed E-state index contributed by atoms with van der Waals surface area (Å²) in [5.41, 5.74) is 0.820. The van der Waals surface area contributed by atoms with Crippen LogP contribution in [0, 0.1) is 0 Å². The first-order valence-corrected chi connectivity index (χ1v) is 9.48. The van der Waals surface area contributed by atoms with E-state index in [1.54, 1.807) is 37.6 Å². The van der Waals surface area contributed by atoms with E-state index < -0.39 is 10.0 Å². The van der Waals surface area contributed by atoms with Crippen LogP contribution in [-0.4, -0.2) is 40.3 Å².